The van der Waals surface area contributed by atoms with Crippen LogP contribution in [0.25, 0.3) is 0 Å². The van der Waals surface area contributed by atoms with E-state index in [-0.39, 0.29) is 24.6 Å². The zero-order chi connectivity index (χ0) is 11.1. The number of nitrogens with two attached hydrogens (primary N) is 1. The number of ether oxygens (including phenoxy) is 2. The highest BCUT2D eigenvalue weighted by molar-refractivity contribution is 5.77. The van der Waals surface area contributed by atoms with Crippen LogP contribution in [0.2, 0.25) is 0 Å². The smallest absolute Gasteiger partial charge is 0.246 e. The highest BCUT2D eigenvalue weighted by Crippen LogP contribution is 2.16. The summed E-state index contributed by atoms with van der Waals surface area (Å²) in [5.74, 6) is -0.0894. The summed E-state index contributed by atoms with van der Waals surface area (Å²) < 4.78 is 9.90. The highest BCUT2D eigenvalue weighted by atomic mass is 16.5. The molecule has 1 fully saturated rings. The highest BCUT2D eigenvalue weighted by Gasteiger charge is 2.24. The number of hydrogen-bond donors (Lipinski definition) is 2. The van der Waals surface area contributed by atoms with Crippen molar-refractivity contribution < 1.29 is 14.3 Å². The minimum absolute atomic E-state index is 0.0894. The van der Waals surface area contributed by atoms with Crippen LogP contribution >= 0.6 is 0 Å². The van der Waals surface area contributed by atoms with Gasteiger partial charge in [0, 0.05) is 19.2 Å². The number of carbonyl (C=O) groups is 1. The number of rotatable bonds is 6. The Morgan fingerprint density at radius 1 is 1.47 bits per heavy atom. The van der Waals surface area contributed by atoms with E-state index in [4.69, 9.17) is 15.2 Å². The Kier molecular flexibility index (Phi) is 5.60. The minimum atomic E-state index is -0.0894. The van der Waals surface area contributed by atoms with E-state index < -0.39 is 0 Å². The Morgan fingerprint density at radius 3 is 2.87 bits per heavy atom. The lowest BCUT2D eigenvalue weighted by Gasteiger charge is -2.17. The molecule has 0 radical (unpaired) electrons. The van der Waals surface area contributed by atoms with E-state index in [2.05, 4.69) is 5.32 Å². The normalized spacial score (nSPS) is 25.5. The molecule has 3 N–H and O–H groups in total. The molecule has 0 aliphatic heterocycles. The van der Waals surface area contributed by atoms with E-state index in [0.717, 1.165) is 19.3 Å². The van der Waals surface area contributed by atoms with Crippen molar-refractivity contribution in [2.75, 3.05) is 26.9 Å². The molecule has 1 rings (SSSR count). The Balaban J connectivity index is 2.07. The first kappa shape index (κ1) is 12.4. The van der Waals surface area contributed by atoms with E-state index in [1.807, 2.05) is 0 Å². The van der Waals surface area contributed by atoms with Gasteiger partial charge in [0.05, 0.1) is 13.2 Å². The van der Waals surface area contributed by atoms with Gasteiger partial charge in [0.1, 0.15) is 6.61 Å². The number of carbonyl (C=O) groups excluding carboxylic acids is 1. The Hall–Kier alpha value is -0.650. The molecular formula is C10H20N2O3. The van der Waals surface area contributed by atoms with Crippen LogP contribution in [0.15, 0.2) is 0 Å². The van der Waals surface area contributed by atoms with Gasteiger partial charge in [-0.3, -0.25) is 4.79 Å². The summed E-state index contributed by atoms with van der Waals surface area (Å²) >= 11 is 0. The maximum atomic E-state index is 11.4. The molecular weight excluding hydrogens is 196 g/mol. The molecule has 0 aromatic carbocycles. The second kappa shape index (κ2) is 6.76. The molecule has 2 atom stereocenters. The minimum Gasteiger partial charge on any atom is -0.382 e. The first-order chi connectivity index (χ1) is 7.24. The third-order valence-corrected chi connectivity index (χ3v) is 2.58. The maximum Gasteiger partial charge on any atom is 0.246 e. The van der Waals surface area contributed by atoms with Crippen LogP contribution in [-0.4, -0.2) is 44.9 Å². The number of nitrogens with one attached hydrogen (secondary N) is 1. The van der Waals surface area contributed by atoms with Gasteiger partial charge < -0.3 is 20.5 Å². The molecule has 0 heterocycles. The number of hydrogen-bond acceptors (Lipinski definition) is 4. The molecule has 0 aromatic rings. The topological polar surface area (TPSA) is 73.6 Å². The van der Waals surface area contributed by atoms with Crippen LogP contribution in [0.3, 0.4) is 0 Å². The molecule has 5 heteroatoms. The van der Waals surface area contributed by atoms with E-state index in [9.17, 15) is 4.79 Å². The molecule has 2 unspecified atom stereocenters. The SMILES string of the molecule is COCCOCC(=O)NC1CCCC1N. The van der Waals surface area contributed by atoms with Crippen molar-refractivity contribution in [3.63, 3.8) is 0 Å². The molecule has 0 bridgehead atoms. The molecule has 1 aliphatic rings. The van der Waals surface area contributed by atoms with Gasteiger partial charge in [0.25, 0.3) is 0 Å². The van der Waals surface area contributed by atoms with Crippen molar-refractivity contribution in [1.29, 1.82) is 0 Å². The van der Waals surface area contributed by atoms with Crippen molar-refractivity contribution in [1.82, 2.24) is 5.32 Å². The second-order valence-corrected chi connectivity index (χ2v) is 3.81. The summed E-state index contributed by atoms with van der Waals surface area (Å²) in [6, 6.07) is 0.233. The zero-order valence-corrected chi connectivity index (χ0v) is 9.20. The van der Waals surface area contributed by atoms with Crippen molar-refractivity contribution >= 4 is 5.91 Å². The zero-order valence-electron chi connectivity index (χ0n) is 9.20. The third-order valence-electron chi connectivity index (χ3n) is 2.58. The first-order valence-corrected chi connectivity index (χ1v) is 5.35. The van der Waals surface area contributed by atoms with Crippen molar-refractivity contribution in [2.45, 2.75) is 31.3 Å². The summed E-state index contributed by atoms with van der Waals surface area (Å²) in [7, 11) is 1.60. The average molecular weight is 216 g/mol. The van der Waals surface area contributed by atoms with Gasteiger partial charge >= 0.3 is 0 Å². The van der Waals surface area contributed by atoms with Crippen LogP contribution in [-0.2, 0) is 14.3 Å². The first-order valence-electron chi connectivity index (χ1n) is 5.35. The molecule has 88 valence electrons. The van der Waals surface area contributed by atoms with E-state index in [1.165, 1.54) is 0 Å². The molecule has 15 heavy (non-hydrogen) atoms. The van der Waals surface area contributed by atoms with Crippen molar-refractivity contribution in [3.8, 4) is 0 Å². The third kappa shape index (κ3) is 4.59. The van der Waals surface area contributed by atoms with Crippen LogP contribution in [0, 0.1) is 0 Å². The average Bonchev–Trinajstić information content (AvgIpc) is 2.59. The van der Waals surface area contributed by atoms with Crippen LogP contribution < -0.4 is 11.1 Å². The van der Waals surface area contributed by atoms with E-state index >= 15 is 0 Å². The standard InChI is InChI=1S/C10H20N2O3/c1-14-5-6-15-7-10(13)12-9-4-2-3-8(9)11/h8-9H,2-7,11H2,1H3,(H,12,13). The molecule has 0 aromatic heterocycles. The van der Waals surface area contributed by atoms with Gasteiger partial charge in [-0.2, -0.15) is 0 Å². The van der Waals surface area contributed by atoms with Crippen LogP contribution in [0.5, 0.6) is 0 Å². The monoisotopic (exact) mass is 216 g/mol. The van der Waals surface area contributed by atoms with Gasteiger partial charge in [0.15, 0.2) is 0 Å². The van der Waals surface area contributed by atoms with Gasteiger partial charge in [-0.15, -0.1) is 0 Å². The fourth-order valence-electron chi connectivity index (χ4n) is 1.72. The molecule has 1 aliphatic carbocycles. The Labute approximate surface area is 90.3 Å². The lowest BCUT2D eigenvalue weighted by molar-refractivity contribution is -0.126. The number of methoxy groups -OCH3 is 1. The summed E-state index contributed by atoms with van der Waals surface area (Å²) in [5.41, 5.74) is 5.83. The van der Waals surface area contributed by atoms with Crippen LogP contribution in [0.1, 0.15) is 19.3 Å². The lowest BCUT2D eigenvalue weighted by atomic mass is 10.2. The number of amides is 1. The molecule has 1 saturated carbocycles. The lowest BCUT2D eigenvalue weighted by Crippen LogP contribution is -2.45. The molecule has 5 nitrogen and oxygen atoms in total. The van der Waals surface area contributed by atoms with Crippen molar-refractivity contribution in [2.24, 2.45) is 5.73 Å². The summed E-state index contributed by atoms with van der Waals surface area (Å²) in [6.07, 6.45) is 3.07. The van der Waals surface area contributed by atoms with E-state index in [1.54, 1.807) is 7.11 Å². The fraction of sp³-hybridized carbons (Fsp3) is 0.900. The van der Waals surface area contributed by atoms with E-state index in [0.29, 0.717) is 13.2 Å². The fourth-order valence-corrected chi connectivity index (χ4v) is 1.72. The van der Waals surface area contributed by atoms with Crippen LogP contribution in [0.4, 0.5) is 0 Å². The van der Waals surface area contributed by atoms with Crippen molar-refractivity contribution in [3.05, 3.63) is 0 Å². The quantitative estimate of drug-likeness (QED) is 0.595. The van der Waals surface area contributed by atoms with Gasteiger partial charge in [-0.1, -0.05) is 0 Å². The Bertz CT molecular complexity index is 199. The molecule has 0 saturated heterocycles. The summed E-state index contributed by atoms with van der Waals surface area (Å²) in [4.78, 5) is 11.4. The molecule has 0 spiro atoms. The predicted octanol–water partition coefficient (Wildman–Crippen LogP) is -0.355. The Morgan fingerprint density at radius 2 is 2.27 bits per heavy atom. The maximum absolute atomic E-state index is 11.4. The predicted molar refractivity (Wildman–Crippen MR) is 56.5 cm³/mol. The summed E-state index contributed by atoms with van der Waals surface area (Å²) in [5, 5.41) is 2.88. The summed E-state index contributed by atoms with van der Waals surface area (Å²) in [6.45, 7) is 1.05. The largest absolute Gasteiger partial charge is 0.382 e. The molecule has 1 amide bonds. The van der Waals surface area contributed by atoms with Gasteiger partial charge in [0.2, 0.25) is 5.91 Å². The second-order valence-electron chi connectivity index (χ2n) is 3.81. The van der Waals surface area contributed by atoms with Gasteiger partial charge in [-0.05, 0) is 19.3 Å². The van der Waals surface area contributed by atoms with Gasteiger partial charge in [-0.25, -0.2) is 0 Å².